The maximum Gasteiger partial charge on any atom is 0.450 e. The quantitative estimate of drug-likeness (QED) is 0.556. The summed E-state index contributed by atoms with van der Waals surface area (Å²) in [5, 5.41) is 3.51. The second-order valence-corrected chi connectivity index (χ2v) is 7.40. The summed E-state index contributed by atoms with van der Waals surface area (Å²) in [6, 6.07) is 9.78. The first-order chi connectivity index (χ1) is 12.1. The number of aromatic nitrogens is 3. The molecule has 3 heterocycles. The first-order valence-corrected chi connectivity index (χ1v) is 8.87. The molecular formula is C16H11FN4O2S2. The molecule has 1 amide bonds. The Kier molecular flexibility index (Phi) is 4.02. The minimum atomic E-state index is -1.19. The van der Waals surface area contributed by atoms with Crippen LogP contribution in [0.4, 0.5) is 14.5 Å². The number of halogens is 1. The summed E-state index contributed by atoms with van der Waals surface area (Å²) in [5.74, 6) is 0. The minimum Gasteiger partial charge on any atom is -0.294 e. The number of benzene rings is 1. The highest BCUT2D eigenvalue weighted by molar-refractivity contribution is 7.99. The predicted octanol–water partition coefficient (Wildman–Crippen LogP) is 4.84. The molecule has 25 heavy (non-hydrogen) atoms. The molecule has 0 atom stereocenters. The Hall–Kier alpha value is -2.65. The molecule has 9 heteroatoms. The number of nitrogens with zero attached hydrogens (tertiary/aromatic N) is 3. The number of anilines is 1. The molecule has 0 radical (unpaired) electrons. The second kappa shape index (κ2) is 6.34. The van der Waals surface area contributed by atoms with Crippen LogP contribution in [0, 0.1) is 6.92 Å². The van der Waals surface area contributed by atoms with Gasteiger partial charge in [0.15, 0.2) is 5.13 Å². The average Bonchev–Trinajstić information content (AvgIpc) is 3.18. The Bertz CT molecular complexity index is 1090. The van der Waals surface area contributed by atoms with Crippen molar-refractivity contribution in [1.82, 2.24) is 14.4 Å². The molecule has 0 fully saturated rings. The summed E-state index contributed by atoms with van der Waals surface area (Å²) in [6.07, 6.45) is 2.69. The van der Waals surface area contributed by atoms with Gasteiger partial charge in [0.2, 0.25) is 0 Å². The fraction of sp³-hybridized carbons (Fsp3) is 0.0625. The van der Waals surface area contributed by atoms with E-state index in [4.69, 9.17) is 0 Å². The van der Waals surface area contributed by atoms with Gasteiger partial charge < -0.3 is 0 Å². The lowest BCUT2D eigenvalue weighted by Gasteiger charge is -2.03. The van der Waals surface area contributed by atoms with Gasteiger partial charge in [-0.2, -0.15) is 0 Å². The highest BCUT2D eigenvalue weighted by atomic mass is 32.2. The maximum atomic E-state index is 11.8. The molecule has 4 aromatic rings. The van der Waals surface area contributed by atoms with Gasteiger partial charge in [0.25, 0.3) is 0 Å². The van der Waals surface area contributed by atoms with Gasteiger partial charge in [0, 0.05) is 15.6 Å². The van der Waals surface area contributed by atoms with E-state index in [1.165, 1.54) is 11.3 Å². The molecule has 3 aromatic heterocycles. The number of carbonyl (C=O) groups is 1. The van der Waals surface area contributed by atoms with Gasteiger partial charge in [0.05, 0.1) is 16.4 Å². The normalized spacial score (nSPS) is 11.1. The van der Waals surface area contributed by atoms with E-state index in [0.717, 1.165) is 31.3 Å². The van der Waals surface area contributed by atoms with Crippen molar-refractivity contribution < 1.29 is 14.3 Å². The Morgan fingerprint density at radius 3 is 3.08 bits per heavy atom. The first kappa shape index (κ1) is 15.9. The van der Waals surface area contributed by atoms with E-state index in [9.17, 15) is 9.32 Å². The van der Waals surface area contributed by atoms with E-state index < -0.39 is 6.09 Å². The molecule has 0 bridgehead atoms. The average molecular weight is 374 g/mol. The number of imidazole rings is 1. The molecule has 4 rings (SSSR count). The van der Waals surface area contributed by atoms with Crippen molar-refractivity contribution in [2.75, 3.05) is 5.32 Å². The zero-order chi connectivity index (χ0) is 17.4. The lowest BCUT2D eigenvalue weighted by atomic mass is 10.3. The number of hydrogen-bond donors (Lipinski definition) is 1. The van der Waals surface area contributed by atoms with Gasteiger partial charge >= 0.3 is 6.09 Å². The fourth-order valence-electron chi connectivity index (χ4n) is 2.39. The molecule has 126 valence electrons. The van der Waals surface area contributed by atoms with Gasteiger partial charge in [-0.3, -0.25) is 9.72 Å². The molecule has 0 aliphatic heterocycles. The van der Waals surface area contributed by atoms with Crippen LogP contribution < -0.4 is 5.32 Å². The smallest absolute Gasteiger partial charge is 0.294 e. The topological polar surface area (TPSA) is 68.5 Å². The van der Waals surface area contributed by atoms with Gasteiger partial charge in [-0.25, -0.2) is 19.7 Å². The molecule has 0 saturated heterocycles. The summed E-state index contributed by atoms with van der Waals surface area (Å²) in [6.45, 7) is 2.04. The number of nitrogens with one attached hydrogen (secondary N) is 1. The maximum absolute atomic E-state index is 11.8. The van der Waals surface area contributed by atoms with Crippen molar-refractivity contribution in [3.63, 3.8) is 0 Å². The summed E-state index contributed by atoms with van der Waals surface area (Å²) in [4.78, 5) is 23.7. The molecular weight excluding hydrogens is 363 g/mol. The van der Waals surface area contributed by atoms with Gasteiger partial charge in [-0.1, -0.05) is 29.2 Å². The number of amides is 1. The Labute approximate surface area is 149 Å². The van der Waals surface area contributed by atoms with Crippen molar-refractivity contribution in [2.45, 2.75) is 16.8 Å². The lowest BCUT2D eigenvalue weighted by Crippen LogP contribution is -2.08. The zero-order valence-corrected chi connectivity index (χ0v) is 14.5. The summed E-state index contributed by atoms with van der Waals surface area (Å²) < 4.78 is 14.7. The summed E-state index contributed by atoms with van der Waals surface area (Å²) >= 11 is 2.83. The van der Waals surface area contributed by atoms with E-state index in [2.05, 4.69) is 20.2 Å². The molecule has 1 aromatic carbocycles. The predicted molar refractivity (Wildman–Crippen MR) is 94.9 cm³/mol. The van der Waals surface area contributed by atoms with E-state index in [1.54, 1.807) is 11.8 Å². The van der Waals surface area contributed by atoms with Gasteiger partial charge in [-0.05, 0) is 36.8 Å². The number of pyridine rings is 1. The summed E-state index contributed by atoms with van der Waals surface area (Å²) in [5.41, 5.74) is 2.77. The largest absolute Gasteiger partial charge is 0.450 e. The van der Waals surface area contributed by atoms with Crippen LogP contribution in [0.2, 0.25) is 0 Å². The third kappa shape index (κ3) is 3.15. The molecule has 0 spiro atoms. The highest BCUT2D eigenvalue weighted by Crippen LogP contribution is 2.33. The number of rotatable bonds is 3. The van der Waals surface area contributed by atoms with Crippen molar-refractivity contribution >= 4 is 50.2 Å². The Balaban J connectivity index is 1.64. The lowest BCUT2D eigenvalue weighted by molar-refractivity contribution is -0.0544. The van der Waals surface area contributed by atoms with Crippen LogP contribution in [0.15, 0.2) is 52.6 Å². The van der Waals surface area contributed by atoms with E-state index in [1.807, 2.05) is 54.0 Å². The van der Waals surface area contributed by atoms with Crippen LogP contribution in [-0.4, -0.2) is 20.5 Å². The van der Waals surface area contributed by atoms with Crippen molar-refractivity contribution in [3.05, 3.63) is 48.3 Å². The molecule has 0 aliphatic carbocycles. The first-order valence-electron chi connectivity index (χ1n) is 7.24. The zero-order valence-electron chi connectivity index (χ0n) is 12.9. The number of aryl methyl sites for hydroxylation is 1. The fourth-order valence-corrected chi connectivity index (χ4v) is 4.26. The van der Waals surface area contributed by atoms with E-state index in [0.29, 0.717) is 0 Å². The molecule has 1 N–H and O–H groups in total. The monoisotopic (exact) mass is 374 g/mol. The molecule has 0 aliphatic rings. The van der Waals surface area contributed by atoms with Gasteiger partial charge in [-0.15, -0.1) is 0 Å². The second-order valence-electron chi connectivity index (χ2n) is 5.27. The van der Waals surface area contributed by atoms with Crippen LogP contribution in [-0.2, 0) is 4.94 Å². The van der Waals surface area contributed by atoms with Crippen molar-refractivity contribution in [3.8, 4) is 0 Å². The summed E-state index contributed by atoms with van der Waals surface area (Å²) in [7, 11) is 0. The SMILES string of the molecule is Cc1ccc2ncc(Sc3ccc4nc(NC(=O)OF)sc4c3)n2c1. The third-order valence-electron chi connectivity index (χ3n) is 3.48. The highest BCUT2D eigenvalue weighted by Gasteiger charge is 2.11. The number of fused-ring (bicyclic) bond motifs is 2. The van der Waals surface area contributed by atoms with Crippen LogP contribution in [0.25, 0.3) is 15.9 Å². The Morgan fingerprint density at radius 1 is 1.36 bits per heavy atom. The van der Waals surface area contributed by atoms with E-state index >= 15 is 0 Å². The van der Waals surface area contributed by atoms with E-state index in [-0.39, 0.29) is 5.13 Å². The number of thiazole rings is 1. The van der Waals surface area contributed by atoms with Crippen LogP contribution in [0.5, 0.6) is 0 Å². The number of hydrogen-bond acceptors (Lipinski definition) is 6. The van der Waals surface area contributed by atoms with Crippen molar-refractivity contribution in [1.29, 1.82) is 0 Å². The van der Waals surface area contributed by atoms with Crippen molar-refractivity contribution in [2.24, 2.45) is 0 Å². The molecule has 0 saturated carbocycles. The Morgan fingerprint density at radius 2 is 2.24 bits per heavy atom. The molecule has 6 nitrogen and oxygen atoms in total. The van der Waals surface area contributed by atoms with Gasteiger partial charge in [0.1, 0.15) is 10.7 Å². The van der Waals surface area contributed by atoms with Crippen LogP contribution in [0.3, 0.4) is 0 Å². The molecule has 0 unspecified atom stereocenters. The third-order valence-corrected chi connectivity index (χ3v) is 5.42. The van der Waals surface area contributed by atoms with Crippen LogP contribution >= 0.6 is 23.1 Å². The minimum absolute atomic E-state index is 0.283. The standard InChI is InChI=1S/C16H11FN4O2S2/c1-9-2-5-13-18-7-14(21(13)8-9)24-10-3-4-11-12(6-10)25-15(19-11)20-16(22)23-17/h2-8H,1H3,(H,19,20,22). The number of carbonyl (C=O) groups excluding carboxylic acids is 1. The van der Waals surface area contributed by atoms with Crippen LogP contribution in [0.1, 0.15) is 5.56 Å².